The third kappa shape index (κ3) is 2.65. The lowest BCUT2D eigenvalue weighted by Crippen LogP contribution is -2.37. The van der Waals surface area contributed by atoms with Crippen LogP contribution in [0.1, 0.15) is 44.1 Å². The predicted molar refractivity (Wildman–Crippen MR) is 93.7 cm³/mol. The first kappa shape index (κ1) is 15.7. The smallest absolute Gasteiger partial charge is 0.271 e. The maximum atomic E-state index is 13.1. The largest absolute Gasteiger partial charge is 0.384 e. The topological polar surface area (TPSA) is 90.1 Å². The lowest BCUT2D eigenvalue weighted by molar-refractivity contribution is 0.0732. The Hall–Kier alpha value is -2.83. The van der Waals surface area contributed by atoms with E-state index in [1.807, 2.05) is 12.1 Å². The summed E-state index contributed by atoms with van der Waals surface area (Å²) in [6.07, 6.45) is 2.76. The fraction of sp³-hybridized carbons (Fsp3) is 0.389. The van der Waals surface area contributed by atoms with E-state index in [1.165, 1.54) is 5.56 Å². The van der Waals surface area contributed by atoms with Crippen molar-refractivity contribution in [3.63, 3.8) is 0 Å². The molecule has 3 heterocycles. The van der Waals surface area contributed by atoms with Crippen LogP contribution in [0.25, 0.3) is 0 Å². The van der Waals surface area contributed by atoms with Crippen LogP contribution in [0.5, 0.6) is 0 Å². The van der Waals surface area contributed by atoms with Crippen molar-refractivity contribution in [3.05, 3.63) is 46.3 Å². The Kier molecular flexibility index (Phi) is 3.91. The number of carbonyl (C=O) groups is 2. The highest BCUT2D eigenvalue weighted by molar-refractivity contribution is 6.01. The summed E-state index contributed by atoms with van der Waals surface area (Å²) < 4.78 is 0. The summed E-state index contributed by atoms with van der Waals surface area (Å²) >= 11 is 0. The first-order valence-electron chi connectivity index (χ1n) is 8.62. The fourth-order valence-electron chi connectivity index (χ4n) is 3.63. The zero-order valence-electron chi connectivity index (χ0n) is 14.2. The summed E-state index contributed by atoms with van der Waals surface area (Å²) in [5, 5.41) is 13.0. The minimum absolute atomic E-state index is 0.000886. The maximum Gasteiger partial charge on any atom is 0.271 e. The molecule has 0 bridgehead atoms. The van der Waals surface area contributed by atoms with Gasteiger partial charge in [-0.2, -0.15) is 5.10 Å². The monoisotopic (exact) mass is 339 g/mol. The molecule has 7 nitrogen and oxygen atoms in total. The number of aromatic nitrogens is 2. The van der Waals surface area contributed by atoms with Gasteiger partial charge in [0.05, 0.1) is 17.8 Å². The molecule has 4 rings (SSSR count). The van der Waals surface area contributed by atoms with Gasteiger partial charge in [-0.3, -0.25) is 14.7 Å². The van der Waals surface area contributed by atoms with E-state index in [4.69, 9.17) is 0 Å². The third-order valence-corrected chi connectivity index (χ3v) is 4.97. The molecule has 0 atom stereocenters. The Morgan fingerprint density at radius 2 is 2.16 bits per heavy atom. The lowest BCUT2D eigenvalue weighted by atomic mass is 9.97. The van der Waals surface area contributed by atoms with Crippen LogP contribution in [0, 0.1) is 0 Å². The van der Waals surface area contributed by atoms with Crippen molar-refractivity contribution in [3.8, 4) is 0 Å². The van der Waals surface area contributed by atoms with Crippen molar-refractivity contribution in [2.75, 3.05) is 25.5 Å². The van der Waals surface area contributed by atoms with E-state index in [0.29, 0.717) is 30.8 Å². The number of carbonyl (C=O) groups excluding carboxylic acids is 2. The molecule has 0 unspecified atom stereocenters. The molecule has 0 spiro atoms. The van der Waals surface area contributed by atoms with E-state index in [1.54, 1.807) is 11.9 Å². The summed E-state index contributed by atoms with van der Waals surface area (Å²) in [6.45, 7) is 1.91. The molecule has 0 aliphatic carbocycles. The van der Waals surface area contributed by atoms with E-state index >= 15 is 0 Å². The number of fused-ring (bicyclic) bond motifs is 2. The van der Waals surface area contributed by atoms with Gasteiger partial charge in [-0.1, -0.05) is 12.1 Å². The fourth-order valence-corrected chi connectivity index (χ4v) is 3.63. The second-order valence-corrected chi connectivity index (χ2v) is 6.46. The van der Waals surface area contributed by atoms with Crippen LogP contribution in [0.3, 0.4) is 0 Å². The van der Waals surface area contributed by atoms with Gasteiger partial charge in [0.1, 0.15) is 0 Å². The van der Waals surface area contributed by atoms with Crippen LogP contribution >= 0.6 is 0 Å². The van der Waals surface area contributed by atoms with Gasteiger partial charge < -0.3 is 15.5 Å². The lowest BCUT2D eigenvalue weighted by Gasteiger charge is -2.29. The van der Waals surface area contributed by atoms with E-state index in [9.17, 15) is 9.59 Å². The van der Waals surface area contributed by atoms with Gasteiger partial charge in [0.2, 0.25) is 0 Å². The molecule has 0 saturated carbocycles. The number of aryl methyl sites for hydroxylation is 1. The van der Waals surface area contributed by atoms with Crippen LogP contribution in [0.15, 0.2) is 18.2 Å². The third-order valence-electron chi connectivity index (χ3n) is 4.97. The Morgan fingerprint density at radius 1 is 1.28 bits per heavy atom. The molecule has 7 heteroatoms. The number of nitrogens with zero attached hydrogens (tertiary/aromatic N) is 2. The van der Waals surface area contributed by atoms with Crippen molar-refractivity contribution in [1.29, 1.82) is 0 Å². The molecule has 0 saturated heterocycles. The zero-order valence-corrected chi connectivity index (χ0v) is 14.2. The van der Waals surface area contributed by atoms with E-state index in [-0.39, 0.29) is 11.8 Å². The highest BCUT2D eigenvalue weighted by Crippen LogP contribution is 2.29. The van der Waals surface area contributed by atoms with Gasteiger partial charge in [-0.15, -0.1) is 0 Å². The van der Waals surface area contributed by atoms with E-state index < -0.39 is 0 Å². The van der Waals surface area contributed by atoms with Gasteiger partial charge in [0.15, 0.2) is 5.69 Å². The van der Waals surface area contributed by atoms with Crippen molar-refractivity contribution < 1.29 is 9.59 Å². The number of amides is 2. The second kappa shape index (κ2) is 6.23. The van der Waals surface area contributed by atoms with Crippen LogP contribution in [0.4, 0.5) is 5.69 Å². The minimum atomic E-state index is -0.231. The zero-order chi connectivity index (χ0) is 17.4. The summed E-state index contributed by atoms with van der Waals surface area (Å²) in [6, 6.07) is 5.90. The SMILES string of the molecule is CNC(=O)c1n[nH]c2c1CN(C(=O)c1cccc3c1NCCC3)CC2. The average Bonchev–Trinajstić information content (AvgIpc) is 3.09. The van der Waals surface area contributed by atoms with E-state index in [2.05, 4.69) is 26.9 Å². The quantitative estimate of drug-likeness (QED) is 0.770. The molecule has 2 aromatic rings. The van der Waals surface area contributed by atoms with E-state index in [0.717, 1.165) is 36.3 Å². The molecular formula is C18H21N5O2. The minimum Gasteiger partial charge on any atom is -0.384 e. The van der Waals surface area contributed by atoms with Crippen molar-refractivity contribution in [2.45, 2.75) is 25.8 Å². The first-order valence-corrected chi connectivity index (χ1v) is 8.62. The number of hydrogen-bond donors (Lipinski definition) is 3. The summed E-state index contributed by atoms with van der Waals surface area (Å²) in [4.78, 5) is 26.9. The molecule has 1 aromatic heterocycles. The molecular weight excluding hydrogens is 318 g/mol. The van der Waals surface area contributed by atoms with Crippen LogP contribution in [-0.4, -0.2) is 47.0 Å². The summed E-state index contributed by atoms with van der Waals surface area (Å²) in [5.74, 6) is -0.230. The van der Waals surface area contributed by atoms with Gasteiger partial charge >= 0.3 is 0 Å². The number of hydrogen-bond acceptors (Lipinski definition) is 4. The highest BCUT2D eigenvalue weighted by Gasteiger charge is 2.29. The van der Waals surface area contributed by atoms with Crippen LogP contribution < -0.4 is 10.6 Å². The van der Waals surface area contributed by atoms with Crippen LogP contribution in [-0.2, 0) is 19.4 Å². The number of benzene rings is 1. The molecule has 2 aliphatic heterocycles. The molecule has 3 N–H and O–H groups in total. The molecule has 130 valence electrons. The molecule has 2 aliphatic rings. The Labute approximate surface area is 145 Å². The second-order valence-electron chi connectivity index (χ2n) is 6.46. The molecule has 0 fully saturated rings. The highest BCUT2D eigenvalue weighted by atomic mass is 16.2. The van der Waals surface area contributed by atoms with Gasteiger partial charge in [0, 0.05) is 37.8 Å². The Balaban J connectivity index is 1.63. The maximum absolute atomic E-state index is 13.1. The van der Waals surface area contributed by atoms with Crippen molar-refractivity contribution in [1.82, 2.24) is 20.4 Å². The average molecular weight is 339 g/mol. The molecule has 25 heavy (non-hydrogen) atoms. The van der Waals surface area contributed by atoms with Gasteiger partial charge in [-0.25, -0.2) is 0 Å². The molecule has 1 aromatic carbocycles. The normalized spacial score (nSPS) is 15.8. The Morgan fingerprint density at radius 3 is 3.00 bits per heavy atom. The number of nitrogens with one attached hydrogen (secondary N) is 3. The standard InChI is InChI=1S/C18H21N5O2/c1-19-17(24)16-13-10-23(9-7-14(13)21-22-16)18(25)12-6-2-4-11-5-3-8-20-15(11)12/h2,4,6,20H,3,5,7-10H2,1H3,(H,19,24)(H,21,22). The Bertz CT molecular complexity index is 842. The molecule has 2 amide bonds. The number of anilines is 1. The molecule has 0 radical (unpaired) electrons. The predicted octanol–water partition coefficient (Wildman–Crippen LogP) is 1.33. The van der Waals surface area contributed by atoms with Gasteiger partial charge in [0.25, 0.3) is 11.8 Å². The van der Waals surface area contributed by atoms with Crippen molar-refractivity contribution in [2.24, 2.45) is 0 Å². The first-order chi connectivity index (χ1) is 12.2. The summed E-state index contributed by atoms with van der Waals surface area (Å²) in [7, 11) is 1.58. The van der Waals surface area contributed by atoms with Gasteiger partial charge in [-0.05, 0) is 24.5 Å². The number of aromatic amines is 1. The van der Waals surface area contributed by atoms with Crippen molar-refractivity contribution >= 4 is 17.5 Å². The number of rotatable bonds is 2. The number of para-hydroxylation sites is 1. The number of H-pyrrole nitrogens is 1. The van der Waals surface area contributed by atoms with Crippen LogP contribution in [0.2, 0.25) is 0 Å². The summed E-state index contributed by atoms with van der Waals surface area (Å²) in [5.41, 5.74) is 5.01.